The first kappa shape index (κ1) is 14.0. The lowest BCUT2D eigenvalue weighted by Crippen LogP contribution is -2.17. The topological polar surface area (TPSA) is 96.4 Å². The lowest BCUT2D eigenvalue weighted by Gasteiger charge is -2.06. The molecule has 2 aromatic rings. The Hall–Kier alpha value is -2.47. The van der Waals surface area contributed by atoms with Crippen LogP contribution in [0, 0.1) is 6.92 Å². The van der Waals surface area contributed by atoms with E-state index in [9.17, 15) is 0 Å². The van der Waals surface area contributed by atoms with Crippen LogP contribution in [0.25, 0.3) is 0 Å². The summed E-state index contributed by atoms with van der Waals surface area (Å²) in [6.45, 7) is 3.31. The maximum absolute atomic E-state index is 8.63. The minimum Gasteiger partial charge on any atom is -0.409 e. The van der Waals surface area contributed by atoms with Crippen LogP contribution in [-0.4, -0.2) is 21.0 Å². The van der Waals surface area contributed by atoms with Gasteiger partial charge in [-0.2, -0.15) is 0 Å². The number of hydrogen-bond acceptors (Lipinski definition) is 5. The standard InChI is InChI=1S/C14H17N5O/c1-10-3-2-4-12(18-10)9-16-8-11-5-6-17-13(7-11)14(15)19-20/h2-7,16,20H,8-9H2,1H3,(H2,15,19). The Morgan fingerprint density at radius 2 is 2.20 bits per heavy atom. The fraction of sp³-hybridized carbons (Fsp3) is 0.214. The normalized spacial score (nSPS) is 11.6. The highest BCUT2D eigenvalue weighted by Gasteiger charge is 2.02. The molecule has 0 saturated carbocycles. The Labute approximate surface area is 117 Å². The SMILES string of the molecule is Cc1cccc(CNCc2ccnc(C(N)=NO)c2)n1. The molecule has 0 fully saturated rings. The molecular formula is C14H17N5O. The molecular weight excluding hydrogens is 254 g/mol. The zero-order valence-electron chi connectivity index (χ0n) is 11.2. The van der Waals surface area contributed by atoms with Crippen molar-refractivity contribution in [2.75, 3.05) is 0 Å². The van der Waals surface area contributed by atoms with Gasteiger partial charge < -0.3 is 16.3 Å². The highest BCUT2D eigenvalue weighted by molar-refractivity contribution is 5.95. The van der Waals surface area contributed by atoms with Gasteiger partial charge in [-0.05, 0) is 36.8 Å². The van der Waals surface area contributed by atoms with Crippen LogP contribution in [-0.2, 0) is 13.1 Å². The molecule has 0 unspecified atom stereocenters. The predicted octanol–water partition coefficient (Wildman–Crippen LogP) is 1.17. The number of oxime groups is 1. The van der Waals surface area contributed by atoms with Crippen LogP contribution in [0.15, 0.2) is 41.7 Å². The summed E-state index contributed by atoms with van der Waals surface area (Å²) in [6.07, 6.45) is 1.63. The van der Waals surface area contributed by atoms with E-state index < -0.39 is 0 Å². The quantitative estimate of drug-likeness (QED) is 0.328. The molecule has 0 saturated heterocycles. The van der Waals surface area contributed by atoms with Crippen molar-refractivity contribution in [2.45, 2.75) is 20.0 Å². The molecule has 0 aromatic carbocycles. The molecule has 20 heavy (non-hydrogen) atoms. The Morgan fingerprint density at radius 3 is 2.95 bits per heavy atom. The van der Waals surface area contributed by atoms with E-state index in [0.717, 1.165) is 17.0 Å². The van der Waals surface area contributed by atoms with E-state index in [1.54, 1.807) is 12.3 Å². The van der Waals surface area contributed by atoms with Crippen molar-refractivity contribution in [3.63, 3.8) is 0 Å². The number of pyridine rings is 2. The molecule has 0 bridgehead atoms. The van der Waals surface area contributed by atoms with Gasteiger partial charge in [0.2, 0.25) is 0 Å². The first-order chi connectivity index (χ1) is 9.69. The molecule has 0 amide bonds. The van der Waals surface area contributed by atoms with E-state index in [4.69, 9.17) is 10.9 Å². The molecule has 2 rings (SSSR count). The average Bonchev–Trinajstić information content (AvgIpc) is 2.47. The van der Waals surface area contributed by atoms with Crippen molar-refractivity contribution in [3.05, 3.63) is 59.2 Å². The lowest BCUT2D eigenvalue weighted by atomic mass is 10.2. The van der Waals surface area contributed by atoms with E-state index in [1.807, 2.05) is 31.2 Å². The number of nitrogens with one attached hydrogen (secondary N) is 1. The molecule has 6 heteroatoms. The number of nitrogens with zero attached hydrogens (tertiary/aromatic N) is 3. The number of aromatic nitrogens is 2. The van der Waals surface area contributed by atoms with Crippen LogP contribution < -0.4 is 11.1 Å². The summed E-state index contributed by atoms with van der Waals surface area (Å²) >= 11 is 0. The lowest BCUT2D eigenvalue weighted by molar-refractivity contribution is 0.318. The Balaban J connectivity index is 1.94. The van der Waals surface area contributed by atoms with Crippen molar-refractivity contribution < 1.29 is 5.21 Å². The Morgan fingerprint density at radius 1 is 1.35 bits per heavy atom. The monoisotopic (exact) mass is 271 g/mol. The van der Waals surface area contributed by atoms with Crippen molar-refractivity contribution in [2.24, 2.45) is 10.9 Å². The van der Waals surface area contributed by atoms with Crippen molar-refractivity contribution in [1.29, 1.82) is 0 Å². The third-order valence-corrected chi connectivity index (χ3v) is 2.78. The molecule has 0 aliphatic heterocycles. The predicted molar refractivity (Wildman–Crippen MR) is 76.3 cm³/mol. The summed E-state index contributed by atoms with van der Waals surface area (Å²) in [5.41, 5.74) is 8.97. The van der Waals surface area contributed by atoms with Gasteiger partial charge in [-0.3, -0.25) is 9.97 Å². The van der Waals surface area contributed by atoms with Crippen LogP contribution in [0.3, 0.4) is 0 Å². The van der Waals surface area contributed by atoms with E-state index in [0.29, 0.717) is 18.8 Å². The number of hydrogen-bond donors (Lipinski definition) is 3. The Bertz CT molecular complexity index is 612. The zero-order valence-corrected chi connectivity index (χ0v) is 11.2. The second-order valence-corrected chi connectivity index (χ2v) is 4.41. The molecule has 2 heterocycles. The fourth-order valence-electron chi connectivity index (χ4n) is 1.81. The average molecular weight is 271 g/mol. The highest BCUT2D eigenvalue weighted by atomic mass is 16.4. The smallest absolute Gasteiger partial charge is 0.188 e. The fourth-order valence-corrected chi connectivity index (χ4v) is 1.81. The van der Waals surface area contributed by atoms with Gasteiger partial charge in [-0.25, -0.2) is 0 Å². The molecule has 104 valence electrons. The Kier molecular flexibility index (Phi) is 4.62. The van der Waals surface area contributed by atoms with Crippen molar-refractivity contribution in [1.82, 2.24) is 15.3 Å². The van der Waals surface area contributed by atoms with Gasteiger partial charge in [0.05, 0.1) is 5.69 Å². The third-order valence-electron chi connectivity index (χ3n) is 2.78. The van der Waals surface area contributed by atoms with E-state index in [1.165, 1.54) is 0 Å². The van der Waals surface area contributed by atoms with E-state index in [-0.39, 0.29) is 5.84 Å². The number of aryl methyl sites for hydroxylation is 1. The van der Waals surface area contributed by atoms with Crippen LogP contribution in [0.2, 0.25) is 0 Å². The van der Waals surface area contributed by atoms with Crippen molar-refractivity contribution in [3.8, 4) is 0 Å². The number of rotatable bonds is 5. The van der Waals surface area contributed by atoms with Gasteiger partial charge in [0.1, 0.15) is 5.69 Å². The second kappa shape index (κ2) is 6.63. The van der Waals surface area contributed by atoms with Gasteiger partial charge in [-0.15, -0.1) is 0 Å². The molecule has 0 radical (unpaired) electrons. The van der Waals surface area contributed by atoms with Crippen molar-refractivity contribution >= 4 is 5.84 Å². The summed E-state index contributed by atoms with van der Waals surface area (Å²) in [6, 6.07) is 9.60. The van der Waals surface area contributed by atoms with Gasteiger partial charge >= 0.3 is 0 Å². The molecule has 0 aliphatic rings. The van der Waals surface area contributed by atoms with Crippen LogP contribution in [0.1, 0.15) is 22.6 Å². The largest absolute Gasteiger partial charge is 0.409 e. The maximum Gasteiger partial charge on any atom is 0.188 e. The third kappa shape index (κ3) is 3.76. The van der Waals surface area contributed by atoms with Gasteiger partial charge in [0.25, 0.3) is 0 Å². The molecule has 0 atom stereocenters. The van der Waals surface area contributed by atoms with Crippen LogP contribution in [0.4, 0.5) is 0 Å². The minimum absolute atomic E-state index is 0.00667. The molecule has 4 N–H and O–H groups in total. The van der Waals surface area contributed by atoms with Gasteiger partial charge in [0, 0.05) is 25.0 Å². The summed E-state index contributed by atoms with van der Waals surface area (Å²) in [5.74, 6) is 0.00667. The summed E-state index contributed by atoms with van der Waals surface area (Å²) in [5, 5.41) is 14.9. The second-order valence-electron chi connectivity index (χ2n) is 4.41. The summed E-state index contributed by atoms with van der Waals surface area (Å²) < 4.78 is 0. The maximum atomic E-state index is 8.63. The first-order valence-corrected chi connectivity index (χ1v) is 6.25. The molecule has 0 aliphatic carbocycles. The number of nitrogens with two attached hydrogens (primary N) is 1. The first-order valence-electron chi connectivity index (χ1n) is 6.25. The molecule has 6 nitrogen and oxygen atoms in total. The molecule has 0 spiro atoms. The van der Waals surface area contributed by atoms with Gasteiger partial charge in [-0.1, -0.05) is 11.2 Å². The van der Waals surface area contributed by atoms with E-state index in [2.05, 4.69) is 20.4 Å². The highest BCUT2D eigenvalue weighted by Crippen LogP contribution is 2.03. The summed E-state index contributed by atoms with van der Waals surface area (Å²) in [7, 11) is 0. The minimum atomic E-state index is 0.00667. The zero-order chi connectivity index (χ0) is 14.4. The van der Waals surface area contributed by atoms with Gasteiger partial charge in [0.15, 0.2) is 5.84 Å². The summed E-state index contributed by atoms with van der Waals surface area (Å²) in [4.78, 5) is 8.45. The van der Waals surface area contributed by atoms with Crippen LogP contribution >= 0.6 is 0 Å². The molecule has 2 aromatic heterocycles. The van der Waals surface area contributed by atoms with E-state index >= 15 is 0 Å². The number of amidine groups is 1. The van der Waals surface area contributed by atoms with Crippen LogP contribution in [0.5, 0.6) is 0 Å².